The standard InChI is InChI=1S/C12H9BrCl2S/c1-7-8(3-2-4-9(7)14)12(13)10-5-6-11(15)16-10/h2-6,12H,1H3. The molecule has 4 heteroatoms. The van der Waals surface area contributed by atoms with Crippen molar-refractivity contribution in [1.29, 1.82) is 0 Å². The number of halogens is 3. The van der Waals surface area contributed by atoms with Crippen molar-refractivity contribution in [2.75, 3.05) is 0 Å². The molecule has 0 bridgehead atoms. The Bertz CT molecular complexity index is 507. The molecule has 2 rings (SSSR count). The van der Waals surface area contributed by atoms with Gasteiger partial charge >= 0.3 is 0 Å². The van der Waals surface area contributed by atoms with Crippen LogP contribution in [0, 0.1) is 6.92 Å². The molecule has 1 aromatic heterocycles. The first-order valence-electron chi connectivity index (χ1n) is 4.74. The molecule has 0 spiro atoms. The van der Waals surface area contributed by atoms with Gasteiger partial charge in [-0.25, -0.2) is 0 Å². The summed E-state index contributed by atoms with van der Waals surface area (Å²) in [6.07, 6.45) is 0. The van der Waals surface area contributed by atoms with Crippen LogP contribution in [0.1, 0.15) is 20.8 Å². The average molecular weight is 336 g/mol. The first-order chi connectivity index (χ1) is 7.59. The fourth-order valence-corrected chi connectivity index (χ4v) is 3.69. The zero-order valence-electron chi connectivity index (χ0n) is 8.51. The molecule has 0 fully saturated rings. The number of hydrogen-bond donors (Lipinski definition) is 0. The van der Waals surface area contributed by atoms with Gasteiger partial charge < -0.3 is 0 Å². The SMILES string of the molecule is Cc1c(Cl)cccc1C(Br)c1ccc(Cl)s1. The van der Waals surface area contributed by atoms with Gasteiger partial charge in [0.2, 0.25) is 0 Å². The molecule has 0 saturated heterocycles. The predicted molar refractivity (Wildman–Crippen MR) is 76.3 cm³/mol. The van der Waals surface area contributed by atoms with E-state index in [0.29, 0.717) is 0 Å². The number of hydrogen-bond acceptors (Lipinski definition) is 1. The van der Waals surface area contributed by atoms with Crippen LogP contribution in [0.5, 0.6) is 0 Å². The molecular weight excluding hydrogens is 327 g/mol. The van der Waals surface area contributed by atoms with Gasteiger partial charge in [-0.05, 0) is 36.2 Å². The van der Waals surface area contributed by atoms with E-state index < -0.39 is 0 Å². The van der Waals surface area contributed by atoms with Crippen LogP contribution in [0.15, 0.2) is 30.3 Å². The van der Waals surface area contributed by atoms with Crippen LogP contribution >= 0.6 is 50.5 Å². The molecule has 1 aromatic carbocycles. The molecule has 0 radical (unpaired) electrons. The Balaban J connectivity index is 2.41. The van der Waals surface area contributed by atoms with E-state index in [9.17, 15) is 0 Å². The van der Waals surface area contributed by atoms with Crippen LogP contribution in [0.2, 0.25) is 9.36 Å². The van der Waals surface area contributed by atoms with Crippen LogP contribution < -0.4 is 0 Å². The summed E-state index contributed by atoms with van der Waals surface area (Å²) >= 11 is 17.3. The van der Waals surface area contributed by atoms with E-state index in [1.807, 2.05) is 31.2 Å². The maximum atomic E-state index is 6.11. The summed E-state index contributed by atoms with van der Waals surface area (Å²) in [6.45, 7) is 2.03. The van der Waals surface area contributed by atoms with Gasteiger partial charge in [0, 0.05) is 9.90 Å². The minimum atomic E-state index is 0.156. The molecule has 0 saturated carbocycles. The summed E-state index contributed by atoms with van der Waals surface area (Å²) in [5.41, 5.74) is 2.29. The van der Waals surface area contributed by atoms with Gasteiger partial charge in [0.05, 0.1) is 9.16 Å². The van der Waals surface area contributed by atoms with Gasteiger partial charge in [0.1, 0.15) is 0 Å². The lowest BCUT2D eigenvalue weighted by Gasteiger charge is -2.12. The maximum Gasteiger partial charge on any atom is 0.0931 e. The largest absolute Gasteiger partial charge is 0.127 e. The van der Waals surface area contributed by atoms with Crippen LogP contribution in [0.25, 0.3) is 0 Å². The van der Waals surface area contributed by atoms with Crippen molar-refractivity contribution in [3.8, 4) is 0 Å². The third-order valence-electron chi connectivity index (χ3n) is 2.43. The number of rotatable bonds is 2. The Hall–Kier alpha value is -0.0200. The highest BCUT2D eigenvalue weighted by molar-refractivity contribution is 9.09. The summed E-state index contributed by atoms with van der Waals surface area (Å²) < 4.78 is 0.805. The third-order valence-corrected chi connectivity index (χ3v) is 5.42. The van der Waals surface area contributed by atoms with Crippen molar-refractivity contribution in [2.24, 2.45) is 0 Å². The predicted octanol–water partition coefficient (Wildman–Crippen LogP) is 5.85. The van der Waals surface area contributed by atoms with Crippen molar-refractivity contribution in [3.63, 3.8) is 0 Å². The van der Waals surface area contributed by atoms with Gasteiger partial charge in [-0.1, -0.05) is 51.3 Å². The third kappa shape index (κ3) is 2.45. The van der Waals surface area contributed by atoms with Crippen LogP contribution in [-0.4, -0.2) is 0 Å². The average Bonchev–Trinajstić information content (AvgIpc) is 2.68. The smallest absolute Gasteiger partial charge is 0.0931 e. The Kier molecular flexibility index (Phi) is 3.96. The quantitative estimate of drug-likeness (QED) is 0.604. The van der Waals surface area contributed by atoms with Crippen LogP contribution in [-0.2, 0) is 0 Å². The van der Waals surface area contributed by atoms with E-state index in [-0.39, 0.29) is 4.83 Å². The molecule has 0 aliphatic rings. The molecular formula is C12H9BrCl2S. The highest BCUT2D eigenvalue weighted by Crippen LogP contribution is 2.39. The second kappa shape index (κ2) is 5.09. The van der Waals surface area contributed by atoms with E-state index in [4.69, 9.17) is 23.2 Å². The van der Waals surface area contributed by atoms with Crippen LogP contribution in [0.4, 0.5) is 0 Å². The summed E-state index contributed by atoms with van der Waals surface area (Å²) in [6, 6.07) is 9.90. The lowest BCUT2D eigenvalue weighted by molar-refractivity contribution is 1.18. The zero-order valence-corrected chi connectivity index (χ0v) is 12.4. The zero-order chi connectivity index (χ0) is 11.7. The first kappa shape index (κ1) is 12.4. The molecule has 1 atom stereocenters. The summed E-state index contributed by atoms with van der Waals surface area (Å²) in [5.74, 6) is 0. The molecule has 2 aromatic rings. The summed E-state index contributed by atoms with van der Waals surface area (Å²) in [7, 11) is 0. The monoisotopic (exact) mass is 334 g/mol. The molecule has 84 valence electrons. The Labute approximate surface area is 117 Å². The second-order valence-corrected chi connectivity index (χ2v) is 6.53. The van der Waals surface area contributed by atoms with Crippen molar-refractivity contribution in [1.82, 2.24) is 0 Å². The van der Waals surface area contributed by atoms with Crippen molar-refractivity contribution < 1.29 is 0 Å². The summed E-state index contributed by atoms with van der Waals surface area (Å²) in [5, 5.41) is 0.796. The number of thiophene rings is 1. The highest BCUT2D eigenvalue weighted by atomic mass is 79.9. The molecule has 1 heterocycles. The highest BCUT2D eigenvalue weighted by Gasteiger charge is 2.15. The van der Waals surface area contributed by atoms with Gasteiger partial charge in [0.15, 0.2) is 0 Å². The topological polar surface area (TPSA) is 0 Å². The van der Waals surface area contributed by atoms with Crippen molar-refractivity contribution >= 4 is 50.5 Å². The minimum absolute atomic E-state index is 0.156. The normalized spacial score (nSPS) is 12.8. The van der Waals surface area contributed by atoms with E-state index in [2.05, 4.69) is 22.0 Å². The second-order valence-electron chi connectivity index (χ2n) is 3.46. The molecule has 0 nitrogen and oxygen atoms in total. The van der Waals surface area contributed by atoms with E-state index in [1.165, 1.54) is 10.4 Å². The maximum absolute atomic E-state index is 6.11. The lowest BCUT2D eigenvalue weighted by Crippen LogP contribution is -1.93. The molecule has 0 N–H and O–H groups in total. The van der Waals surface area contributed by atoms with E-state index >= 15 is 0 Å². The fraction of sp³-hybridized carbons (Fsp3) is 0.167. The van der Waals surface area contributed by atoms with Crippen LogP contribution in [0.3, 0.4) is 0 Å². The van der Waals surface area contributed by atoms with Gasteiger partial charge in [-0.3, -0.25) is 0 Å². The number of alkyl halides is 1. The lowest BCUT2D eigenvalue weighted by atomic mass is 10.1. The van der Waals surface area contributed by atoms with Crippen molar-refractivity contribution in [2.45, 2.75) is 11.8 Å². The first-order valence-corrected chi connectivity index (χ1v) is 7.22. The minimum Gasteiger partial charge on any atom is -0.127 e. The van der Waals surface area contributed by atoms with Gasteiger partial charge in [-0.15, -0.1) is 11.3 Å². The Morgan fingerprint density at radius 3 is 2.56 bits per heavy atom. The molecule has 16 heavy (non-hydrogen) atoms. The number of benzene rings is 1. The Morgan fingerprint density at radius 1 is 1.19 bits per heavy atom. The fourth-order valence-electron chi connectivity index (χ4n) is 1.52. The molecule has 0 amide bonds. The van der Waals surface area contributed by atoms with Gasteiger partial charge in [0.25, 0.3) is 0 Å². The van der Waals surface area contributed by atoms with E-state index in [0.717, 1.165) is 14.9 Å². The molecule has 0 aliphatic carbocycles. The Morgan fingerprint density at radius 2 is 1.94 bits per heavy atom. The molecule has 0 aliphatic heterocycles. The molecule has 1 unspecified atom stereocenters. The summed E-state index contributed by atoms with van der Waals surface area (Å²) in [4.78, 5) is 1.35. The van der Waals surface area contributed by atoms with Crippen molar-refractivity contribution in [3.05, 3.63) is 55.7 Å². The van der Waals surface area contributed by atoms with E-state index in [1.54, 1.807) is 11.3 Å². The van der Waals surface area contributed by atoms with Gasteiger partial charge in [-0.2, -0.15) is 0 Å².